The zero-order valence-corrected chi connectivity index (χ0v) is 14.1. The Morgan fingerprint density at radius 2 is 2.17 bits per heavy atom. The zero-order chi connectivity index (χ0) is 15.6. The summed E-state index contributed by atoms with van der Waals surface area (Å²) in [6.45, 7) is 0.814. The van der Waals surface area contributed by atoms with Crippen LogP contribution in [0.4, 0.5) is 0 Å². The lowest BCUT2D eigenvalue weighted by molar-refractivity contribution is -0.126. The molecule has 0 bridgehead atoms. The highest BCUT2D eigenvalue weighted by molar-refractivity contribution is 7.18. The van der Waals surface area contributed by atoms with Crippen LogP contribution in [-0.4, -0.2) is 22.3 Å². The van der Waals surface area contributed by atoms with E-state index < -0.39 is 0 Å². The highest BCUT2D eigenvalue weighted by atomic mass is 32.1. The molecule has 3 heterocycles. The molecule has 0 aliphatic carbocycles. The van der Waals surface area contributed by atoms with Crippen molar-refractivity contribution in [2.45, 2.75) is 18.9 Å². The van der Waals surface area contributed by atoms with Gasteiger partial charge in [-0.05, 0) is 42.5 Å². The average molecular weight is 340 g/mol. The number of nitrogens with zero attached hydrogens (tertiary/aromatic N) is 2. The second-order valence-corrected chi connectivity index (χ2v) is 7.60. The highest BCUT2D eigenvalue weighted by Crippen LogP contribution is 2.36. The fourth-order valence-corrected chi connectivity index (χ4v) is 4.69. The Balaban J connectivity index is 1.57. The van der Waals surface area contributed by atoms with Gasteiger partial charge in [0.1, 0.15) is 5.01 Å². The van der Waals surface area contributed by atoms with E-state index in [1.165, 1.54) is 4.70 Å². The van der Waals surface area contributed by atoms with Crippen molar-refractivity contribution in [3.05, 3.63) is 57.7 Å². The largest absolute Gasteiger partial charge is 0.330 e. The second-order valence-electron chi connectivity index (χ2n) is 5.56. The SMILES string of the molecule is O=C(C=Cc1cccs1)N1CCCC1c1nc2ccccc2s1. The van der Waals surface area contributed by atoms with E-state index in [0.29, 0.717) is 0 Å². The van der Waals surface area contributed by atoms with Gasteiger partial charge in [0.05, 0.1) is 16.3 Å². The number of benzene rings is 1. The molecule has 23 heavy (non-hydrogen) atoms. The van der Waals surface area contributed by atoms with E-state index in [2.05, 4.69) is 6.07 Å². The van der Waals surface area contributed by atoms with Crippen LogP contribution in [0.3, 0.4) is 0 Å². The van der Waals surface area contributed by atoms with E-state index in [1.54, 1.807) is 28.7 Å². The molecule has 1 aromatic carbocycles. The minimum atomic E-state index is 0.0835. The number of thiazole rings is 1. The monoisotopic (exact) mass is 340 g/mol. The topological polar surface area (TPSA) is 33.2 Å². The van der Waals surface area contributed by atoms with Gasteiger partial charge in [-0.25, -0.2) is 4.98 Å². The molecule has 2 aromatic heterocycles. The van der Waals surface area contributed by atoms with Crippen LogP contribution in [-0.2, 0) is 4.79 Å². The molecule has 3 nitrogen and oxygen atoms in total. The predicted octanol–water partition coefficient (Wildman–Crippen LogP) is 4.73. The molecule has 1 saturated heterocycles. The van der Waals surface area contributed by atoms with Crippen molar-refractivity contribution >= 4 is 44.9 Å². The second kappa shape index (κ2) is 6.26. The van der Waals surface area contributed by atoms with Crippen molar-refractivity contribution in [1.82, 2.24) is 9.88 Å². The lowest BCUT2D eigenvalue weighted by atomic mass is 10.2. The Morgan fingerprint density at radius 3 is 3.00 bits per heavy atom. The number of hydrogen-bond acceptors (Lipinski definition) is 4. The average Bonchev–Trinajstić information content (AvgIpc) is 3.31. The maximum absolute atomic E-state index is 12.6. The van der Waals surface area contributed by atoms with Crippen LogP contribution in [0.25, 0.3) is 16.3 Å². The number of carbonyl (C=O) groups excluding carboxylic acids is 1. The molecule has 3 aromatic rings. The normalized spacial score (nSPS) is 18.3. The summed E-state index contributed by atoms with van der Waals surface area (Å²) in [7, 11) is 0. The molecule has 0 radical (unpaired) electrons. The van der Waals surface area contributed by atoms with E-state index in [4.69, 9.17) is 4.98 Å². The first-order valence-corrected chi connectivity index (χ1v) is 9.38. The molecule has 0 saturated carbocycles. The van der Waals surface area contributed by atoms with Crippen molar-refractivity contribution in [2.75, 3.05) is 6.54 Å². The summed E-state index contributed by atoms with van der Waals surface area (Å²) in [5.41, 5.74) is 1.03. The summed E-state index contributed by atoms with van der Waals surface area (Å²) < 4.78 is 1.19. The standard InChI is InChI=1S/C18H16N2OS2/c21-17(10-9-13-5-4-12-22-13)20-11-3-7-15(20)18-19-14-6-1-2-8-16(14)23-18/h1-2,4-6,8-10,12,15H,3,7,11H2. The fraction of sp³-hybridized carbons (Fsp3) is 0.222. The number of aromatic nitrogens is 1. The number of rotatable bonds is 3. The van der Waals surface area contributed by atoms with Gasteiger partial charge in [0, 0.05) is 17.5 Å². The third-order valence-corrected chi connectivity index (χ3v) is 6.04. The molecule has 1 atom stereocenters. The summed E-state index contributed by atoms with van der Waals surface area (Å²) >= 11 is 3.34. The predicted molar refractivity (Wildman–Crippen MR) is 96.7 cm³/mol. The third-order valence-electron chi connectivity index (χ3n) is 4.06. The highest BCUT2D eigenvalue weighted by Gasteiger charge is 2.31. The van der Waals surface area contributed by atoms with Crippen LogP contribution in [0.2, 0.25) is 0 Å². The molecule has 116 valence electrons. The van der Waals surface area contributed by atoms with E-state index in [0.717, 1.165) is 34.8 Å². The summed E-state index contributed by atoms with van der Waals surface area (Å²) in [4.78, 5) is 20.4. The molecule has 0 N–H and O–H groups in total. The zero-order valence-electron chi connectivity index (χ0n) is 12.5. The Hall–Kier alpha value is -1.98. The molecule has 1 amide bonds. The summed E-state index contributed by atoms with van der Waals surface area (Å²) in [6.07, 6.45) is 5.63. The number of carbonyl (C=O) groups is 1. The lowest BCUT2D eigenvalue weighted by Gasteiger charge is -2.21. The van der Waals surface area contributed by atoms with Gasteiger partial charge in [-0.15, -0.1) is 22.7 Å². The van der Waals surface area contributed by atoms with Crippen LogP contribution in [0.15, 0.2) is 47.9 Å². The maximum Gasteiger partial charge on any atom is 0.247 e. The van der Waals surface area contributed by atoms with Crippen molar-refractivity contribution in [1.29, 1.82) is 0 Å². The van der Waals surface area contributed by atoms with Crippen molar-refractivity contribution < 1.29 is 4.79 Å². The number of para-hydroxylation sites is 1. The van der Waals surface area contributed by atoms with Crippen LogP contribution < -0.4 is 0 Å². The van der Waals surface area contributed by atoms with Gasteiger partial charge < -0.3 is 4.90 Å². The molecule has 0 spiro atoms. The van der Waals surface area contributed by atoms with Gasteiger partial charge in [-0.1, -0.05) is 18.2 Å². The molecule has 1 unspecified atom stereocenters. The number of likely N-dealkylation sites (tertiary alicyclic amines) is 1. The van der Waals surface area contributed by atoms with Crippen LogP contribution in [0.5, 0.6) is 0 Å². The molecule has 1 fully saturated rings. The van der Waals surface area contributed by atoms with E-state index >= 15 is 0 Å². The number of fused-ring (bicyclic) bond motifs is 1. The van der Waals surface area contributed by atoms with Gasteiger partial charge in [0.2, 0.25) is 5.91 Å². The summed E-state index contributed by atoms with van der Waals surface area (Å²) in [5, 5.41) is 3.07. The first-order chi connectivity index (χ1) is 11.3. The Labute approximate surface area is 142 Å². The number of hydrogen-bond donors (Lipinski definition) is 0. The Kier molecular flexibility index (Phi) is 3.97. The molecule has 4 rings (SSSR count). The van der Waals surface area contributed by atoms with Gasteiger partial charge in [0.15, 0.2) is 0 Å². The van der Waals surface area contributed by atoms with Gasteiger partial charge in [0.25, 0.3) is 0 Å². The third kappa shape index (κ3) is 2.94. The molecular weight excluding hydrogens is 324 g/mol. The lowest BCUT2D eigenvalue weighted by Crippen LogP contribution is -2.28. The minimum Gasteiger partial charge on any atom is -0.330 e. The summed E-state index contributed by atoms with van der Waals surface area (Å²) in [5.74, 6) is 0.0835. The Morgan fingerprint density at radius 1 is 1.26 bits per heavy atom. The van der Waals surface area contributed by atoms with Crippen LogP contribution in [0, 0.1) is 0 Å². The van der Waals surface area contributed by atoms with Crippen molar-refractivity contribution in [3.63, 3.8) is 0 Å². The fourth-order valence-electron chi connectivity index (χ4n) is 2.96. The minimum absolute atomic E-state index is 0.0835. The van der Waals surface area contributed by atoms with E-state index in [1.807, 2.05) is 46.7 Å². The van der Waals surface area contributed by atoms with Gasteiger partial charge >= 0.3 is 0 Å². The van der Waals surface area contributed by atoms with Crippen molar-refractivity contribution in [2.24, 2.45) is 0 Å². The molecule has 1 aliphatic heterocycles. The van der Waals surface area contributed by atoms with E-state index in [-0.39, 0.29) is 11.9 Å². The molecule has 1 aliphatic rings. The van der Waals surface area contributed by atoms with Crippen molar-refractivity contribution in [3.8, 4) is 0 Å². The number of amides is 1. The maximum atomic E-state index is 12.6. The summed E-state index contributed by atoms with van der Waals surface area (Å²) in [6, 6.07) is 12.3. The number of thiophene rings is 1. The first kappa shape index (κ1) is 14.6. The molecule has 5 heteroatoms. The van der Waals surface area contributed by atoms with Gasteiger partial charge in [-0.3, -0.25) is 4.79 Å². The van der Waals surface area contributed by atoms with E-state index in [9.17, 15) is 4.79 Å². The van der Waals surface area contributed by atoms with Crippen LogP contribution >= 0.6 is 22.7 Å². The Bertz CT molecular complexity index is 818. The molecular formula is C18H16N2OS2. The quantitative estimate of drug-likeness (QED) is 0.646. The first-order valence-electron chi connectivity index (χ1n) is 7.69. The van der Waals surface area contributed by atoms with Gasteiger partial charge in [-0.2, -0.15) is 0 Å². The smallest absolute Gasteiger partial charge is 0.247 e. The van der Waals surface area contributed by atoms with Crippen LogP contribution in [0.1, 0.15) is 28.8 Å².